The van der Waals surface area contributed by atoms with Gasteiger partial charge in [0.2, 0.25) is 0 Å². The van der Waals surface area contributed by atoms with Gasteiger partial charge in [-0.1, -0.05) is 30.3 Å². The lowest BCUT2D eigenvalue weighted by Crippen LogP contribution is -2.52. The van der Waals surface area contributed by atoms with E-state index in [1.54, 1.807) is 13.8 Å². The van der Waals surface area contributed by atoms with Crippen LogP contribution in [0.1, 0.15) is 80.5 Å². The van der Waals surface area contributed by atoms with Crippen molar-refractivity contribution in [1.29, 1.82) is 0 Å². The van der Waals surface area contributed by atoms with Crippen molar-refractivity contribution in [3.8, 4) is 0 Å². The topological polar surface area (TPSA) is 60.5 Å². The van der Waals surface area contributed by atoms with Crippen LogP contribution in [0, 0.1) is 0 Å². The third-order valence-corrected chi connectivity index (χ3v) is 8.61. The van der Waals surface area contributed by atoms with Crippen molar-refractivity contribution in [3.05, 3.63) is 93.5 Å². The number of carbonyl (C=O) groups excluding carboxylic acids is 2. The first kappa shape index (κ1) is 28.1. The predicted molar refractivity (Wildman–Crippen MR) is 159 cm³/mol. The lowest BCUT2D eigenvalue weighted by atomic mass is 9.81. The maximum absolute atomic E-state index is 17.4. The second kappa shape index (κ2) is 11.3. The Labute approximate surface area is 244 Å². The van der Waals surface area contributed by atoms with E-state index < -0.39 is 18.9 Å². The number of hydrogen-bond acceptors (Lipinski definition) is 4. The van der Waals surface area contributed by atoms with Crippen molar-refractivity contribution < 1.29 is 32.2 Å². The summed E-state index contributed by atoms with van der Waals surface area (Å²) in [4.78, 5) is 24.7. The summed E-state index contributed by atoms with van der Waals surface area (Å²) in [5.74, 6) is -1.13. The van der Waals surface area contributed by atoms with Crippen LogP contribution in [-0.2, 0) is 31.9 Å². The summed E-state index contributed by atoms with van der Waals surface area (Å²) in [6, 6.07) is 9.75. The average molecular weight is 572 g/mol. The first-order chi connectivity index (χ1) is 20.4. The lowest BCUT2D eigenvalue weighted by Gasteiger charge is -2.34. The zero-order chi connectivity index (χ0) is 29.4. The molecule has 6 rings (SSSR count). The molecule has 9 heteroatoms. The molecule has 0 atom stereocenters. The minimum absolute atomic E-state index is 0.202. The summed E-state index contributed by atoms with van der Waals surface area (Å²) >= 11 is 0. The quantitative estimate of drug-likeness (QED) is 0.219. The minimum Gasteiger partial charge on any atom is -0.463 e. The highest BCUT2D eigenvalue weighted by Gasteiger charge is 2.58. The first-order valence-electron chi connectivity index (χ1n) is 15.1. The van der Waals surface area contributed by atoms with Gasteiger partial charge in [-0.15, -0.1) is 0 Å². The molecule has 1 aromatic heterocycles. The van der Waals surface area contributed by atoms with Crippen molar-refractivity contribution in [1.82, 2.24) is 4.48 Å². The second-order valence-corrected chi connectivity index (χ2v) is 11.0. The number of halogens is 2. The molecule has 0 N–H and O–H groups in total. The molecule has 0 unspecified atom stereocenters. The zero-order valence-electron chi connectivity index (χ0n) is 24.1. The van der Waals surface area contributed by atoms with Gasteiger partial charge in [0.25, 0.3) is 0 Å². The Morgan fingerprint density at radius 2 is 1.45 bits per heavy atom. The number of carbonyl (C=O) groups is 2. The van der Waals surface area contributed by atoms with Gasteiger partial charge in [-0.3, -0.25) is 0 Å². The molecule has 0 radical (unpaired) electrons. The molecule has 0 fully saturated rings. The fourth-order valence-corrected chi connectivity index (χ4v) is 7.05. The molecule has 0 saturated carbocycles. The Bertz CT molecular complexity index is 1610. The first-order valence-corrected chi connectivity index (χ1v) is 15.1. The summed E-state index contributed by atoms with van der Waals surface area (Å²) in [6.07, 6.45) is 11.9. The Hall–Kier alpha value is -4.01. The SMILES string of the molecule is CCOC(=O)/C=C/C1=[N+]2C(=C(c3ccccc3)c3c4c(c(/C=C/C(=O)OCC)n3[B-]2(F)F)CCCC4)C2=C1CCCC2. The number of nitrogens with zero attached hydrogens (tertiary/aromatic N) is 2. The Morgan fingerprint density at radius 3 is 2.12 bits per heavy atom. The van der Waals surface area contributed by atoms with Crippen molar-refractivity contribution in [2.45, 2.75) is 65.2 Å². The molecule has 0 spiro atoms. The summed E-state index contributed by atoms with van der Waals surface area (Å²) in [6.45, 7) is -0.575. The number of hydrogen-bond donors (Lipinski definition) is 0. The molecule has 218 valence electrons. The van der Waals surface area contributed by atoms with Crippen molar-refractivity contribution in [3.63, 3.8) is 0 Å². The number of allylic oxidation sites excluding steroid dienone is 3. The monoisotopic (exact) mass is 572 g/mol. The molecule has 2 aliphatic heterocycles. The van der Waals surface area contributed by atoms with Crippen molar-refractivity contribution in [2.24, 2.45) is 0 Å². The summed E-state index contributed by atoms with van der Waals surface area (Å²) in [7, 11) is 0. The molecular formula is C33H35BF2N2O4. The number of benzene rings is 1. The van der Waals surface area contributed by atoms with Gasteiger partial charge >= 0.3 is 18.9 Å². The smallest absolute Gasteiger partial charge is 0.463 e. The summed E-state index contributed by atoms with van der Waals surface area (Å²) < 4.78 is 47.4. The molecule has 6 nitrogen and oxygen atoms in total. The highest BCUT2D eigenvalue weighted by molar-refractivity contribution is 6.59. The molecule has 0 amide bonds. The third kappa shape index (κ3) is 4.59. The van der Waals surface area contributed by atoms with E-state index in [9.17, 15) is 9.59 Å². The Morgan fingerprint density at radius 1 is 0.857 bits per heavy atom. The van der Waals surface area contributed by atoms with E-state index >= 15 is 8.63 Å². The highest BCUT2D eigenvalue weighted by Crippen LogP contribution is 2.50. The standard InChI is InChI=1S/C33H35BF2N2O4/c1-3-41-29(39)20-18-27-23-14-8-10-16-25(23)32-31(22-12-6-5-7-13-22)33-26-17-11-9-15-24(26)28(19-21-30(40)42-4-2)38(33)34(35,36)37(27)32/h5-7,12-13,18-21H,3-4,8-11,14-17H2,1-2H3/b20-18+,21-19+. The molecule has 2 aromatic rings. The molecule has 0 bridgehead atoms. The molecule has 0 saturated heterocycles. The minimum atomic E-state index is -4.41. The lowest BCUT2D eigenvalue weighted by molar-refractivity contribution is -0.362. The van der Waals surface area contributed by atoms with Gasteiger partial charge < -0.3 is 27.1 Å². The number of fused-ring (bicyclic) bond motifs is 5. The second-order valence-electron chi connectivity index (χ2n) is 11.0. The molecule has 1 aromatic carbocycles. The van der Waals surface area contributed by atoms with Crippen molar-refractivity contribution >= 4 is 36.3 Å². The van der Waals surface area contributed by atoms with E-state index in [0.717, 1.165) is 59.1 Å². The van der Waals surface area contributed by atoms with Crippen LogP contribution >= 0.6 is 0 Å². The summed E-state index contributed by atoms with van der Waals surface area (Å²) in [5.41, 5.74) is 7.05. The normalized spacial score (nSPS) is 19.2. The number of esters is 2. The van der Waals surface area contributed by atoms with E-state index in [1.165, 1.54) is 33.3 Å². The largest absolute Gasteiger partial charge is 0.737 e. The maximum atomic E-state index is 17.4. The van der Waals surface area contributed by atoms with E-state index in [1.807, 2.05) is 30.3 Å². The number of rotatable bonds is 7. The van der Waals surface area contributed by atoms with Gasteiger partial charge in [0.1, 0.15) is 0 Å². The molecule has 3 heterocycles. The number of aromatic nitrogens is 1. The van der Waals surface area contributed by atoms with Gasteiger partial charge in [-0.2, -0.15) is 0 Å². The van der Waals surface area contributed by atoms with Gasteiger partial charge in [-0.05, 0) is 88.0 Å². The maximum Gasteiger partial charge on any atom is 0.737 e. The number of ether oxygens (including phenoxy) is 2. The van der Waals surface area contributed by atoms with Crippen LogP contribution < -0.4 is 0 Å². The van der Waals surface area contributed by atoms with Crippen LogP contribution in [0.25, 0.3) is 11.6 Å². The Balaban J connectivity index is 1.70. The zero-order valence-corrected chi connectivity index (χ0v) is 24.1. The predicted octanol–water partition coefficient (Wildman–Crippen LogP) is 6.40. The van der Waals surface area contributed by atoms with Crippen LogP contribution in [0.4, 0.5) is 8.63 Å². The van der Waals surface area contributed by atoms with E-state index in [-0.39, 0.29) is 13.2 Å². The molecule has 42 heavy (non-hydrogen) atoms. The average Bonchev–Trinajstić information content (AvgIpc) is 3.51. The third-order valence-electron chi connectivity index (χ3n) is 8.61. The Kier molecular flexibility index (Phi) is 7.60. The van der Waals surface area contributed by atoms with Crippen LogP contribution in [-0.4, -0.2) is 46.8 Å². The molecular weight excluding hydrogens is 537 g/mol. The van der Waals surface area contributed by atoms with E-state index in [4.69, 9.17) is 9.47 Å². The van der Waals surface area contributed by atoms with E-state index in [2.05, 4.69) is 0 Å². The van der Waals surface area contributed by atoms with Crippen LogP contribution in [0.5, 0.6) is 0 Å². The van der Waals surface area contributed by atoms with E-state index in [0.29, 0.717) is 48.5 Å². The van der Waals surface area contributed by atoms with Crippen LogP contribution in [0.15, 0.2) is 65.4 Å². The summed E-state index contributed by atoms with van der Waals surface area (Å²) in [5, 5.41) is 0. The molecule has 4 aliphatic rings. The highest BCUT2D eigenvalue weighted by atomic mass is 19.2. The van der Waals surface area contributed by atoms with Crippen LogP contribution in [0.3, 0.4) is 0 Å². The molecule has 2 aliphatic carbocycles. The fourth-order valence-electron chi connectivity index (χ4n) is 7.05. The van der Waals surface area contributed by atoms with Gasteiger partial charge in [-0.25, -0.2) is 9.59 Å². The van der Waals surface area contributed by atoms with Gasteiger partial charge in [0, 0.05) is 40.8 Å². The van der Waals surface area contributed by atoms with Gasteiger partial charge in [0.05, 0.1) is 18.8 Å². The fraction of sp³-hybridized carbons (Fsp3) is 0.364. The van der Waals surface area contributed by atoms with Gasteiger partial charge in [0.15, 0.2) is 11.4 Å². The van der Waals surface area contributed by atoms with Crippen LogP contribution in [0.2, 0.25) is 0 Å². The van der Waals surface area contributed by atoms with Crippen molar-refractivity contribution in [2.75, 3.05) is 13.2 Å².